The lowest BCUT2D eigenvalue weighted by atomic mass is 10.3. The summed E-state index contributed by atoms with van der Waals surface area (Å²) in [7, 11) is 2.83. The first-order valence-corrected chi connectivity index (χ1v) is 8.49. The van der Waals surface area contributed by atoms with E-state index in [9.17, 15) is 22.8 Å². The van der Waals surface area contributed by atoms with Crippen LogP contribution in [0.5, 0.6) is 0 Å². The van der Waals surface area contributed by atoms with Crippen molar-refractivity contribution in [1.29, 1.82) is 0 Å². The van der Waals surface area contributed by atoms with Crippen LogP contribution in [0.25, 0.3) is 9.88 Å². The molecule has 2 aromatic heterocycles. The molecule has 0 saturated heterocycles. The molecule has 2 amide bonds. The maximum atomic E-state index is 12.7. The molecular weight excluding hydrogens is 363 g/mol. The van der Waals surface area contributed by atoms with Crippen molar-refractivity contribution in [1.82, 2.24) is 14.8 Å². The molecule has 0 aliphatic carbocycles. The first-order valence-electron chi connectivity index (χ1n) is 6.73. The third-order valence-electron chi connectivity index (χ3n) is 2.94. The number of rotatable bonds is 5. The van der Waals surface area contributed by atoms with Crippen molar-refractivity contribution >= 4 is 34.5 Å². The number of aromatic nitrogens is 1. The van der Waals surface area contributed by atoms with E-state index in [1.165, 1.54) is 42.1 Å². The van der Waals surface area contributed by atoms with Crippen LogP contribution in [0.1, 0.15) is 10.5 Å². The van der Waals surface area contributed by atoms with Gasteiger partial charge in [-0.25, -0.2) is 4.98 Å². The summed E-state index contributed by atoms with van der Waals surface area (Å²) in [6.45, 7) is -2.16. The molecule has 2 heterocycles. The van der Waals surface area contributed by atoms with Crippen molar-refractivity contribution in [2.45, 2.75) is 6.18 Å². The second-order valence-corrected chi connectivity index (χ2v) is 6.89. The fourth-order valence-corrected chi connectivity index (χ4v) is 3.38. The Bertz CT molecular complexity index is 711. The summed E-state index contributed by atoms with van der Waals surface area (Å²) in [5.41, 5.74) is -0.0980. The van der Waals surface area contributed by atoms with Crippen molar-refractivity contribution in [3.05, 3.63) is 28.6 Å². The van der Waals surface area contributed by atoms with Gasteiger partial charge in [0.05, 0.1) is 4.88 Å². The van der Waals surface area contributed by atoms with Crippen LogP contribution in [0.4, 0.5) is 13.2 Å². The number of nitrogens with zero attached hydrogens (tertiary/aromatic N) is 3. The van der Waals surface area contributed by atoms with Gasteiger partial charge in [0.15, 0.2) is 0 Å². The van der Waals surface area contributed by atoms with E-state index in [1.54, 1.807) is 6.07 Å². The number of thiazole rings is 1. The molecule has 10 heteroatoms. The van der Waals surface area contributed by atoms with E-state index in [-0.39, 0.29) is 5.69 Å². The topological polar surface area (TPSA) is 53.5 Å². The van der Waals surface area contributed by atoms with E-state index >= 15 is 0 Å². The molecule has 0 fully saturated rings. The van der Waals surface area contributed by atoms with Gasteiger partial charge in [-0.15, -0.1) is 22.7 Å². The minimum atomic E-state index is -4.60. The largest absolute Gasteiger partial charge is 0.406 e. The van der Waals surface area contributed by atoms with Gasteiger partial charge in [-0.05, 0) is 11.4 Å². The number of hydrogen-bond acceptors (Lipinski definition) is 5. The van der Waals surface area contributed by atoms with E-state index in [4.69, 9.17) is 0 Å². The first kappa shape index (κ1) is 18.4. The van der Waals surface area contributed by atoms with Crippen LogP contribution in [0.2, 0.25) is 0 Å². The number of likely N-dealkylation sites (N-methyl/N-ethyl adjacent to an activating group) is 1. The first-order chi connectivity index (χ1) is 11.2. The van der Waals surface area contributed by atoms with Crippen molar-refractivity contribution in [2.75, 3.05) is 27.2 Å². The third-order valence-corrected chi connectivity index (χ3v) is 4.82. The lowest BCUT2D eigenvalue weighted by Crippen LogP contribution is -2.44. The number of halogens is 3. The Balaban J connectivity index is 2.21. The lowest BCUT2D eigenvalue weighted by Gasteiger charge is -2.24. The number of thiophene rings is 1. The molecule has 0 aliphatic rings. The smallest absolute Gasteiger partial charge is 0.347 e. The van der Waals surface area contributed by atoms with Gasteiger partial charge in [0.2, 0.25) is 5.91 Å². The normalized spacial score (nSPS) is 11.4. The summed E-state index contributed by atoms with van der Waals surface area (Å²) in [5.74, 6) is -1.51. The summed E-state index contributed by atoms with van der Waals surface area (Å²) in [5, 5.41) is 3.80. The van der Waals surface area contributed by atoms with Gasteiger partial charge in [-0.2, -0.15) is 13.2 Å². The quantitative estimate of drug-likeness (QED) is 0.805. The number of carbonyl (C=O) groups excluding carboxylic acids is 2. The number of carbonyl (C=O) groups is 2. The summed E-state index contributed by atoms with van der Waals surface area (Å²) in [6.07, 6.45) is -4.60. The molecule has 2 rings (SSSR count). The Morgan fingerprint density at radius 1 is 1.25 bits per heavy atom. The van der Waals surface area contributed by atoms with E-state index in [0.29, 0.717) is 9.91 Å². The van der Waals surface area contributed by atoms with E-state index in [0.717, 1.165) is 9.78 Å². The van der Waals surface area contributed by atoms with Crippen molar-refractivity contribution < 1.29 is 22.8 Å². The Hall–Kier alpha value is -1.94. The number of hydrogen-bond donors (Lipinski definition) is 0. The minimum Gasteiger partial charge on any atom is -0.347 e. The van der Waals surface area contributed by atoms with Crippen LogP contribution in [-0.2, 0) is 4.79 Å². The highest BCUT2D eigenvalue weighted by molar-refractivity contribution is 7.20. The molecule has 5 nitrogen and oxygen atoms in total. The van der Waals surface area contributed by atoms with Gasteiger partial charge in [0, 0.05) is 19.5 Å². The van der Waals surface area contributed by atoms with Crippen LogP contribution in [-0.4, -0.2) is 60.0 Å². The maximum absolute atomic E-state index is 12.7. The molecule has 0 aromatic carbocycles. The fourth-order valence-electron chi connectivity index (χ4n) is 1.77. The SMILES string of the molecule is CN(C)C(=O)CN(CC(F)(F)F)C(=O)c1csc(-c2cccs2)n1. The molecule has 0 bridgehead atoms. The summed E-state index contributed by atoms with van der Waals surface area (Å²) < 4.78 is 38.2. The second-order valence-electron chi connectivity index (χ2n) is 5.08. The van der Waals surface area contributed by atoms with Crippen molar-refractivity contribution in [3.8, 4) is 9.88 Å². The predicted octanol–water partition coefficient (Wildman–Crippen LogP) is 2.96. The van der Waals surface area contributed by atoms with Crippen LogP contribution >= 0.6 is 22.7 Å². The van der Waals surface area contributed by atoms with Gasteiger partial charge < -0.3 is 9.80 Å². The monoisotopic (exact) mass is 377 g/mol. The van der Waals surface area contributed by atoms with Crippen molar-refractivity contribution in [3.63, 3.8) is 0 Å². The van der Waals surface area contributed by atoms with Gasteiger partial charge in [-0.3, -0.25) is 9.59 Å². The minimum absolute atomic E-state index is 0.0980. The van der Waals surface area contributed by atoms with Gasteiger partial charge >= 0.3 is 6.18 Å². The predicted molar refractivity (Wildman–Crippen MR) is 86.1 cm³/mol. The molecular formula is C14H14F3N3O2S2. The average Bonchev–Trinajstić information content (AvgIpc) is 3.14. The molecule has 2 aromatic rings. The molecule has 130 valence electrons. The Labute approximate surface area is 144 Å². The van der Waals surface area contributed by atoms with E-state index in [2.05, 4.69) is 4.98 Å². The highest BCUT2D eigenvalue weighted by Crippen LogP contribution is 2.28. The molecule has 0 N–H and O–H groups in total. The molecule has 0 saturated carbocycles. The Morgan fingerprint density at radius 2 is 1.96 bits per heavy atom. The van der Waals surface area contributed by atoms with Crippen LogP contribution in [0.15, 0.2) is 22.9 Å². The van der Waals surface area contributed by atoms with E-state index in [1.807, 2.05) is 11.4 Å². The molecule has 24 heavy (non-hydrogen) atoms. The third kappa shape index (κ3) is 4.78. The number of alkyl halides is 3. The molecule has 0 unspecified atom stereocenters. The highest BCUT2D eigenvalue weighted by atomic mass is 32.1. The Kier molecular flexibility index (Phi) is 5.60. The van der Waals surface area contributed by atoms with Gasteiger partial charge in [-0.1, -0.05) is 6.07 Å². The zero-order chi connectivity index (χ0) is 17.9. The van der Waals surface area contributed by atoms with Crippen molar-refractivity contribution in [2.24, 2.45) is 0 Å². The van der Waals surface area contributed by atoms with Gasteiger partial charge in [0.25, 0.3) is 5.91 Å². The lowest BCUT2D eigenvalue weighted by molar-refractivity contribution is -0.146. The van der Waals surface area contributed by atoms with Crippen LogP contribution < -0.4 is 0 Å². The van der Waals surface area contributed by atoms with E-state index < -0.39 is 31.1 Å². The highest BCUT2D eigenvalue weighted by Gasteiger charge is 2.35. The summed E-state index contributed by atoms with van der Waals surface area (Å²) in [4.78, 5) is 30.6. The van der Waals surface area contributed by atoms with Crippen LogP contribution in [0.3, 0.4) is 0 Å². The fraction of sp³-hybridized carbons (Fsp3) is 0.357. The Morgan fingerprint density at radius 3 is 2.50 bits per heavy atom. The zero-order valence-corrected chi connectivity index (χ0v) is 14.5. The standard InChI is InChI=1S/C14H14F3N3O2S2/c1-19(2)11(21)6-20(8-14(15,16)17)13(22)9-7-24-12(18-9)10-4-3-5-23-10/h3-5,7H,6,8H2,1-2H3. The molecule has 0 radical (unpaired) electrons. The molecule has 0 spiro atoms. The summed E-state index contributed by atoms with van der Waals surface area (Å²) in [6, 6.07) is 3.62. The van der Waals surface area contributed by atoms with Crippen LogP contribution in [0, 0.1) is 0 Å². The molecule has 0 aliphatic heterocycles. The maximum Gasteiger partial charge on any atom is 0.406 e. The van der Waals surface area contributed by atoms with Gasteiger partial charge in [0.1, 0.15) is 23.8 Å². The zero-order valence-electron chi connectivity index (χ0n) is 12.8. The molecule has 0 atom stereocenters. The number of amides is 2. The summed E-state index contributed by atoms with van der Waals surface area (Å²) >= 11 is 2.59. The average molecular weight is 377 g/mol. The second kappa shape index (κ2) is 7.31.